The summed E-state index contributed by atoms with van der Waals surface area (Å²) in [5, 5.41) is 18.7. The molecular formula is C19H12FN3O5S. The zero-order valence-electron chi connectivity index (χ0n) is 14.7. The van der Waals surface area contributed by atoms with Gasteiger partial charge < -0.3 is 9.15 Å². The summed E-state index contributed by atoms with van der Waals surface area (Å²) in [6.07, 6.45) is 0. The Labute approximate surface area is 168 Å². The molecule has 0 aliphatic rings. The molecule has 10 heteroatoms. The highest BCUT2D eigenvalue weighted by Gasteiger charge is 2.12. The molecule has 0 bridgehead atoms. The lowest BCUT2D eigenvalue weighted by molar-refractivity contribution is -0.384. The second kappa shape index (κ2) is 9.48. The quantitative estimate of drug-likeness (QED) is 0.198. The van der Waals surface area contributed by atoms with E-state index in [1.165, 1.54) is 60.3 Å². The first-order valence-corrected chi connectivity index (χ1v) is 9.11. The Bertz CT molecular complexity index is 1090. The summed E-state index contributed by atoms with van der Waals surface area (Å²) in [6.45, 7) is -0.175. The second-order valence-corrected chi connectivity index (χ2v) is 6.30. The van der Waals surface area contributed by atoms with Crippen LogP contribution in [0.3, 0.4) is 0 Å². The lowest BCUT2D eigenvalue weighted by atomic mass is 10.2. The first kappa shape index (κ1) is 20.0. The Kier molecular flexibility index (Phi) is 6.55. The first-order chi connectivity index (χ1) is 14.0. The molecule has 29 heavy (non-hydrogen) atoms. The van der Waals surface area contributed by atoms with Crippen molar-refractivity contribution >= 4 is 23.4 Å². The van der Waals surface area contributed by atoms with E-state index in [2.05, 4.69) is 22.0 Å². The standard InChI is InChI=1S/C19H12FN3O5S/c20-16-6-2-1-5-15(16)18(24)27-11-3-4-12-29-19-22-21-17(28-19)13-7-9-14(10-8-13)23(25)26/h1-2,5-10H,11-12H2. The van der Waals surface area contributed by atoms with Crippen molar-refractivity contribution in [2.75, 3.05) is 12.4 Å². The molecule has 3 aromatic rings. The summed E-state index contributed by atoms with van der Waals surface area (Å²) in [5.41, 5.74) is 0.378. The maximum Gasteiger partial charge on any atom is 0.342 e. The normalized spacial score (nSPS) is 10.1. The predicted octanol–water partition coefficient (Wildman–Crippen LogP) is 3.74. The molecule has 2 aromatic carbocycles. The number of nitro groups is 1. The molecule has 146 valence electrons. The van der Waals surface area contributed by atoms with Gasteiger partial charge in [-0.15, -0.1) is 10.2 Å². The number of rotatable bonds is 6. The van der Waals surface area contributed by atoms with Crippen LogP contribution in [0.4, 0.5) is 10.1 Å². The average molecular weight is 413 g/mol. The molecule has 0 fully saturated rings. The molecule has 1 aromatic heterocycles. The molecule has 3 rings (SSSR count). The number of nitrogens with zero attached hydrogens (tertiary/aromatic N) is 3. The largest absolute Gasteiger partial charge is 0.449 e. The van der Waals surface area contributed by atoms with Gasteiger partial charge in [-0.3, -0.25) is 10.1 Å². The van der Waals surface area contributed by atoms with Gasteiger partial charge in [0.05, 0.1) is 16.2 Å². The van der Waals surface area contributed by atoms with Crippen LogP contribution in [0.5, 0.6) is 0 Å². The molecular weight excluding hydrogens is 401 g/mol. The Hall–Kier alpha value is -3.71. The number of halogens is 1. The van der Waals surface area contributed by atoms with E-state index >= 15 is 0 Å². The van der Waals surface area contributed by atoms with Crippen LogP contribution in [0.25, 0.3) is 11.5 Å². The number of nitro benzene ring substituents is 1. The van der Waals surface area contributed by atoms with Crippen molar-refractivity contribution < 1.29 is 23.3 Å². The maximum absolute atomic E-state index is 13.4. The van der Waals surface area contributed by atoms with Gasteiger partial charge in [0.15, 0.2) is 6.61 Å². The third kappa shape index (κ3) is 5.40. The molecule has 0 aliphatic heterocycles. The molecule has 0 amide bonds. The summed E-state index contributed by atoms with van der Waals surface area (Å²) in [4.78, 5) is 21.9. The number of ether oxygens (including phenoxy) is 1. The van der Waals surface area contributed by atoms with E-state index in [4.69, 9.17) is 9.15 Å². The van der Waals surface area contributed by atoms with Crippen LogP contribution in [0.15, 0.2) is 58.2 Å². The van der Waals surface area contributed by atoms with E-state index in [-0.39, 0.29) is 29.0 Å². The molecule has 0 N–H and O–H groups in total. The van der Waals surface area contributed by atoms with E-state index in [1.54, 1.807) is 0 Å². The Morgan fingerprint density at radius 2 is 1.93 bits per heavy atom. The van der Waals surface area contributed by atoms with Crippen LogP contribution >= 0.6 is 11.8 Å². The van der Waals surface area contributed by atoms with E-state index in [0.29, 0.717) is 11.3 Å². The SMILES string of the molecule is O=C(OCC#CCSc1nnc(-c2ccc([N+](=O)[O-])cc2)o1)c1ccccc1F. The zero-order valence-corrected chi connectivity index (χ0v) is 15.5. The minimum Gasteiger partial charge on any atom is -0.449 e. The second-order valence-electron chi connectivity index (χ2n) is 5.38. The number of aromatic nitrogens is 2. The highest BCUT2D eigenvalue weighted by molar-refractivity contribution is 7.99. The average Bonchev–Trinajstić information content (AvgIpc) is 3.19. The summed E-state index contributed by atoms with van der Waals surface area (Å²) < 4.78 is 23.8. The number of benzene rings is 2. The van der Waals surface area contributed by atoms with Crippen molar-refractivity contribution in [3.05, 3.63) is 70.0 Å². The molecule has 0 aliphatic carbocycles. The van der Waals surface area contributed by atoms with Gasteiger partial charge in [0, 0.05) is 17.7 Å². The molecule has 8 nitrogen and oxygen atoms in total. The smallest absolute Gasteiger partial charge is 0.342 e. The van der Waals surface area contributed by atoms with Crippen molar-refractivity contribution in [3.63, 3.8) is 0 Å². The fourth-order valence-electron chi connectivity index (χ4n) is 2.12. The fourth-order valence-corrected chi connectivity index (χ4v) is 2.65. The van der Waals surface area contributed by atoms with Gasteiger partial charge in [-0.05, 0) is 24.3 Å². The van der Waals surface area contributed by atoms with Gasteiger partial charge in [0.1, 0.15) is 5.82 Å². The van der Waals surface area contributed by atoms with Crippen LogP contribution in [0.2, 0.25) is 0 Å². The third-order valence-electron chi connectivity index (χ3n) is 3.49. The van der Waals surface area contributed by atoms with Gasteiger partial charge in [0.2, 0.25) is 5.89 Å². The zero-order chi connectivity index (χ0) is 20.6. The Morgan fingerprint density at radius 3 is 2.66 bits per heavy atom. The molecule has 1 heterocycles. The number of esters is 1. The van der Waals surface area contributed by atoms with Crippen LogP contribution in [0, 0.1) is 27.8 Å². The van der Waals surface area contributed by atoms with Crippen LogP contribution in [-0.2, 0) is 4.74 Å². The molecule has 0 unspecified atom stereocenters. The van der Waals surface area contributed by atoms with E-state index in [9.17, 15) is 19.3 Å². The van der Waals surface area contributed by atoms with Gasteiger partial charge in [-0.1, -0.05) is 35.7 Å². The van der Waals surface area contributed by atoms with E-state index in [1.807, 2.05) is 0 Å². The van der Waals surface area contributed by atoms with Crippen molar-refractivity contribution in [2.24, 2.45) is 0 Å². The first-order valence-electron chi connectivity index (χ1n) is 8.13. The highest BCUT2D eigenvalue weighted by Crippen LogP contribution is 2.24. The lowest BCUT2D eigenvalue weighted by Gasteiger charge is -2.01. The van der Waals surface area contributed by atoms with Crippen molar-refractivity contribution in [1.82, 2.24) is 10.2 Å². The number of hydrogen-bond acceptors (Lipinski definition) is 8. The number of thioether (sulfide) groups is 1. The number of hydrogen-bond donors (Lipinski definition) is 0. The summed E-state index contributed by atoms with van der Waals surface area (Å²) in [6, 6.07) is 11.3. The molecule has 0 spiro atoms. The maximum atomic E-state index is 13.4. The van der Waals surface area contributed by atoms with Crippen LogP contribution in [0.1, 0.15) is 10.4 Å². The Balaban J connectivity index is 1.46. The van der Waals surface area contributed by atoms with Gasteiger partial charge in [0.25, 0.3) is 10.9 Å². The molecule has 0 atom stereocenters. The number of non-ortho nitro benzene ring substituents is 1. The van der Waals surface area contributed by atoms with Gasteiger partial charge in [-0.25, -0.2) is 9.18 Å². The predicted molar refractivity (Wildman–Crippen MR) is 102 cm³/mol. The highest BCUT2D eigenvalue weighted by atomic mass is 32.2. The summed E-state index contributed by atoms with van der Waals surface area (Å²) in [7, 11) is 0. The lowest BCUT2D eigenvalue weighted by Crippen LogP contribution is -2.07. The number of carbonyl (C=O) groups excluding carboxylic acids is 1. The third-order valence-corrected chi connectivity index (χ3v) is 4.19. The van der Waals surface area contributed by atoms with Crippen LogP contribution in [-0.4, -0.2) is 33.4 Å². The van der Waals surface area contributed by atoms with Gasteiger partial charge in [-0.2, -0.15) is 0 Å². The van der Waals surface area contributed by atoms with Crippen molar-refractivity contribution in [3.8, 4) is 23.3 Å². The van der Waals surface area contributed by atoms with Crippen LogP contribution < -0.4 is 0 Å². The van der Waals surface area contributed by atoms with E-state index < -0.39 is 16.7 Å². The van der Waals surface area contributed by atoms with E-state index in [0.717, 1.165) is 0 Å². The minimum absolute atomic E-state index is 0.0335. The molecule has 0 saturated heterocycles. The fraction of sp³-hybridized carbons (Fsp3) is 0.105. The van der Waals surface area contributed by atoms with Gasteiger partial charge >= 0.3 is 5.97 Å². The summed E-state index contributed by atoms with van der Waals surface area (Å²) >= 11 is 1.18. The molecule has 0 radical (unpaired) electrons. The molecule has 0 saturated carbocycles. The van der Waals surface area contributed by atoms with Crippen molar-refractivity contribution in [2.45, 2.75) is 5.22 Å². The van der Waals surface area contributed by atoms with Crippen molar-refractivity contribution in [1.29, 1.82) is 0 Å². The number of carbonyl (C=O) groups is 1. The minimum atomic E-state index is -0.783. The topological polar surface area (TPSA) is 108 Å². The summed E-state index contributed by atoms with van der Waals surface area (Å²) in [5.74, 6) is 4.51. The monoisotopic (exact) mass is 413 g/mol. The Morgan fingerprint density at radius 1 is 1.17 bits per heavy atom.